The molecule has 1 saturated carbocycles. The largest absolute Gasteiger partial charge is 0.444 e. The van der Waals surface area contributed by atoms with Crippen molar-refractivity contribution < 1.29 is 37.8 Å². The monoisotopic (exact) mass is 661 g/mol. The van der Waals surface area contributed by atoms with E-state index in [9.17, 15) is 28.4 Å². The Balaban J connectivity index is 1.38. The SMILES string of the molecule is CC(C)(C)OC(=O)N[C@@H]1CCCCC/C=C/C2C[C@@]2(C(=O)NCl)NC(=O)[C@@H]2C[C@@H](OC(=O)N3Cc4cccc(F)c4C3)CN2C1=O. The molecule has 1 saturated heterocycles. The zero-order valence-corrected chi connectivity index (χ0v) is 27.0. The standard InChI is InChI=1S/C32H41ClFN5O7/c1-31(2,3)46-29(43)35-24-13-8-6-4-5-7-11-20-15-32(20,28(42)37-33)36-26(40)25-14-21(17-39(25)27(24)41)45-30(44)38-16-19-10-9-12-23(34)22(19)18-38/h7,9-12,20-21,24-25H,4-6,8,13-18H2,1-3H3,(H,35,43)(H,36,40)(H,37,42)/b11-7+/t20?,21-,24-,25+,32-/m1/s1. The highest BCUT2D eigenvalue weighted by Crippen LogP contribution is 2.45. The van der Waals surface area contributed by atoms with Gasteiger partial charge in [-0.1, -0.05) is 37.1 Å². The minimum atomic E-state index is -1.28. The summed E-state index contributed by atoms with van der Waals surface area (Å²) in [5.41, 5.74) is -0.985. The molecular weight excluding hydrogens is 621 g/mol. The van der Waals surface area contributed by atoms with Crippen molar-refractivity contribution in [2.75, 3.05) is 6.54 Å². The predicted molar refractivity (Wildman–Crippen MR) is 164 cm³/mol. The van der Waals surface area contributed by atoms with Crippen molar-refractivity contribution in [3.63, 3.8) is 0 Å². The van der Waals surface area contributed by atoms with Crippen molar-refractivity contribution in [1.29, 1.82) is 0 Å². The molecule has 250 valence electrons. The highest BCUT2D eigenvalue weighted by atomic mass is 35.5. The predicted octanol–water partition coefficient (Wildman–Crippen LogP) is 3.81. The van der Waals surface area contributed by atoms with Gasteiger partial charge in [0.15, 0.2) is 0 Å². The van der Waals surface area contributed by atoms with Crippen molar-refractivity contribution in [1.82, 2.24) is 25.3 Å². The van der Waals surface area contributed by atoms with Crippen LogP contribution in [0.25, 0.3) is 0 Å². The van der Waals surface area contributed by atoms with Gasteiger partial charge in [-0.05, 0) is 58.1 Å². The summed E-state index contributed by atoms with van der Waals surface area (Å²) in [5.74, 6) is -2.39. The fraction of sp³-hybridized carbons (Fsp3) is 0.594. The third kappa shape index (κ3) is 7.40. The molecular formula is C32H41ClFN5O7. The third-order valence-electron chi connectivity index (χ3n) is 8.87. The minimum Gasteiger partial charge on any atom is -0.444 e. The van der Waals surface area contributed by atoms with E-state index < -0.39 is 65.1 Å². The quantitative estimate of drug-likeness (QED) is 0.330. The maximum atomic E-state index is 14.3. The molecule has 3 N–H and O–H groups in total. The van der Waals surface area contributed by atoms with Crippen molar-refractivity contribution in [2.24, 2.45) is 5.92 Å². The number of nitrogens with one attached hydrogen (secondary N) is 3. The van der Waals surface area contributed by atoms with Crippen LogP contribution < -0.4 is 15.5 Å². The Kier molecular flexibility index (Phi) is 9.81. The normalized spacial score (nSPS) is 28.8. The molecule has 0 radical (unpaired) electrons. The zero-order chi connectivity index (χ0) is 33.2. The number of ether oxygens (including phenoxy) is 2. The second-order valence-electron chi connectivity index (χ2n) is 13.4. The first-order valence-corrected chi connectivity index (χ1v) is 16.1. The summed E-state index contributed by atoms with van der Waals surface area (Å²) in [6.07, 6.45) is 5.09. The summed E-state index contributed by atoms with van der Waals surface area (Å²) in [4.78, 5) is 71.6. The summed E-state index contributed by atoms with van der Waals surface area (Å²) in [5, 5.41) is 5.51. The molecule has 1 aromatic carbocycles. The summed E-state index contributed by atoms with van der Waals surface area (Å²) in [7, 11) is 0. The van der Waals surface area contributed by atoms with Crippen LogP contribution >= 0.6 is 11.8 Å². The van der Waals surface area contributed by atoms with E-state index in [0.717, 1.165) is 19.3 Å². The van der Waals surface area contributed by atoms with E-state index >= 15 is 0 Å². The Bertz CT molecular complexity index is 1420. The van der Waals surface area contributed by atoms with Gasteiger partial charge < -0.3 is 25.0 Å². The van der Waals surface area contributed by atoms with Gasteiger partial charge in [-0.3, -0.25) is 24.1 Å². The summed E-state index contributed by atoms with van der Waals surface area (Å²) < 4.78 is 25.5. The Hall–Kier alpha value is -3.87. The van der Waals surface area contributed by atoms with Crippen LogP contribution in [0.5, 0.6) is 0 Å². The average Bonchev–Trinajstić information content (AvgIpc) is 3.29. The average molecular weight is 662 g/mol. The van der Waals surface area contributed by atoms with Crippen molar-refractivity contribution in [2.45, 2.75) is 108 Å². The molecule has 0 bridgehead atoms. The fourth-order valence-electron chi connectivity index (χ4n) is 6.43. The molecule has 4 aliphatic rings. The molecule has 14 heteroatoms. The van der Waals surface area contributed by atoms with Gasteiger partial charge in [-0.25, -0.2) is 14.0 Å². The molecule has 5 atom stereocenters. The van der Waals surface area contributed by atoms with Crippen molar-refractivity contribution >= 4 is 41.7 Å². The number of allylic oxidation sites excluding steroid dienone is 1. The number of hydrogen-bond acceptors (Lipinski definition) is 7. The lowest BCUT2D eigenvalue weighted by molar-refractivity contribution is -0.141. The van der Waals surface area contributed by atoms with Gasteiger partial charge in [0, 0.05) is 36.2 Å². The lowest BCUT2D eigenvalue weighted by atomic mass is 10.0. The lowest BCUT2D eigenvalue weighted by Crippen LogP contribution is -2.57. The summed E-state index contributed by atoms with van der Waals surface area (Å²) >= 11 is 5.70. The molecule has 1 aliphatic carbocycles. The number of nitrogens with zero attached hydrogens (tertiary/aromatic N) is 2. The number of hydrogen-bond donors (Lipinski definition) is 3. The van der Waals surface area contributed by atoms with Gasteiger partial charge in [0.1, 0.15) is 35.1 Å². The molecule has 12 nitrogen and oxygen atoms in total. The smallest absolute Gasteiger partial charge is 0.410 e. The summed E-state index contributed by atoms with van der Waals surface area (Å²) in [6, 6.07) is 2.53. The van der Waals surface area contributed by atoms with Gasteiger partial charge in [0.05, 0.1) is 13.1 Å². The Morgan fingerprint density at radius 2 is 1.91 bits per heavy atom. The molecule has 0 aromatic heterocycles. The molecule has 5 rings (SSSR count). The van der Waals surface area contributed by atoms with E-state index in [-0.39, 0.29) is 32.0 Å². The van der Waals surface area contributed by atoms with Gasteiger partial charge in [-0.2, -0.15) is 0 Å². The van der Waals surface area contributed by atoms with Crippen LogP contribution in [0.15, 0.2) is 30.4 Å². The molecule has 1 unspecified atom stereocenters. The highest BCUT2D eigenvalue weighted by Gasteiger charge is 2.61. The number of rotatable bonds is 3. The maximum Gasteiger partial charge on any atom is 0.410 e. The van der Waals surface area contributed by atoms with E-state index in [1.165, 1.54) is 15.9 Å². The molecule has 5 amide bonds. The Morgan fingerprint density at radius 1 is 1.13 bits per heavy atom. The summed E-state index contributed by atoms with van der Waals surface area (Å²) in [6.45, 7) is 5.21. The van der Waals surface area contributed by atoms with E-state index in [0.29, 0.717) is 30.4 Å². The highest BCUT2D eigenvalue weighted by molar-refractivity contribution is 6.23. The molecule has 1 aromatic rings. The van der Waals surface area contributed by atoms with Crippen LogP contribution in [0.2, 0.25) is 0 Å². The van der Waals surface area contributed by atoms with Crippen LogP contribution in [-0.2, 0) is 36.9 Å². The van der Waals surface area contributed by atoms with Crippen LogP contribution in [0.4, 0.5) is 14.0 Å². The number of benzene rings is 1. The molecule has 2 fully saturated rings. The van der Waals surface area contributed by atoms with Crippen LogP contribution in [0.3, 0.4) is 0 Å². The second kappa shape index (κ2) is 13.5. The zero-order valence-electron chi connectivity index (χ0n) is 26.3. The first kappa shape index (κ1) is 33.5. The fourth-order valence-corrected chi connectivity index (χ4v) is 6.60. The minimum absolute atomic E-state index is 0.0347. The van der Waals surface area contributed by atoms with Gasteiger partial charge in [0.25, 0.3) is 5.91 Å². The topological polar surface area (TPSA) is 146 Å². The van der Waals surface area contributed by atoms with Gasteiger partial charge >= 0.3 is 12.2 Å². The van der Waals surface area contributed by atoms with Gasteiger partial charge in [0.2, 0.25) is 11.8 Å². The lowest BCUT2D eigenvalue weighted by Gasteiger charge is -2.30. The van der Waals surface area contributed by atoms with Crippen molar-refractivity contribution in [3.8, 4) is 0 Å². The molecule has 0 spiro atoms. The van der Waals surface area contributed by atoms with Gasteiger partial charge in [-0.15, -0.1) is 0 Å². The van der Waals surface area contributed by atoms with Crippen LogP contribution in [0.1, 0.15) is 76.8 Å². The van der Waals surface area contributed by atoms with E-state index in [4.69, 9.17) is 21.3 Å². The number of fused-ring (bicyclic) bond motifs is 3. The maximum absolute atomic E-state index is 14.3. The van der Waals surface area contributed by atoms with E-state index in [1.807, 2.05) is 12.2 Å². The first-order valence-electron chi connectivity index (χ1n) is 15.7. The second-order valence-corrected chi connectivity index (χ2v) is 13.6. The molecule has 46 heavy (non-hydrogen) atoms. The Labute approximate surface area is 272 Å². The number of alkyl carbamates (subject to hydrolysis) is 1. The van der Waals surface area contributed by atoms with E-state index in [1.54, 1.807) is 32.9 Å². The van der Waals surface area contributed by atoms with Crippen LogP contribution in [-0.4, -0.2) is 75.6 Å². The van der Waals surface area contributed by atoms with Crippen LogP contribution in [0, 0.1) is 11.7 Å². The first-order chi connectivity index (χ1) is 21.8. The molecule has 3 heterocycles. The number of halogens is 2. The molecule has 3 aliphatic heterocycles. The third-order valence-corrected chi connectivity index (χ3v) is 9.04. The number of carbonyl (C=O) groups excluding carboxylic acids is 5. The number of carbonyl (C=O) groups is 5. The van der Waals surface area contributed by atoms with Crippen molar-refractivity contribution in [3.05, 3.63) is 47.3 Å². The number of amides is 5. The van der Waals surface area contributed by atoms with E-state index in [2.05, 4.69) is 15.5 Å². The Morgan fingerprint density at radius 3 is 2.63 bits per heavy atom.